The summed E-state index contributed by atoms with van der Waals surface area (Å²) in [7, 11) is 1.48. The first kappa shape index (κ1) is 14.0. The summed E-state index contributed by atoms with van der Waals surface area (Å²) in [6.45, 7) is 3.23. The fraction of sp³-hybridized carbons (Fsp3) is 0.385. The molecule has 0 radical (unpaired) electrons. The Bertz CT molecular complexity index is 519. The Labute approximate surface area is 120 Å². The Hall–Kier alpha value is -1.40. The molecule has 0 fully saturated rings. The van der Waals surface area contributed by atoms with Crippen molar-refractivity contribution in [3.05, 3.63) is 33.8 Å². The molecule has 5 nitrogen and oxygen atoms in total. The van der Waals surface area contributed by atoms with Gasteiger partial charge in [0.15, 0.2) is 0 Å². The Morgan fingerprint density at radius 1 is 1.37 bits per heavy atom. The maximum Gasteiger partial charge on any atom is 0.321 e. The molecule has 3 amide bonds. The molecule has 1 aliphatic heterocycles. The van der Waals surface area contributed by atoms with E-state index in [0.717, 1.165) is 11.0 Å². The molecule has 2 N–H and O–H groups in total. The van der Waals surface area contributed by atoms with Gasteiger partial charge in [0.1, 0.15) is 0 Å². The minimum absolute atomic E-state index is 0.289. The van der Waals surface area contributed by atoms with Gasteiger partial charge in [-0.1, -0.05) is 28.1 Å². The molecule has 102 valence electrons. The van der Waals surface area contributed by atoms with Gasteiger partial charge in [-0.25, -0.2) is 4.79 Å². The van der Waals surface area contributed by atoms with Crippen molar-refractivity contribution >= 4 is 27.9 Å². The highest BCUT2D eigenvalue weighted by Gasteiger charge is 2.29. The highest BCUT2D eigenvalue weighted by Crippen LogP contribution is 2.30. The molecule has 2 rings (SSSR count). The average molecular weight is 326 g/mol. The van der Waals surface area contributed by atoms with Crippen molar-refractivity contribution in [2.45, 2.75) is 26.1 Å². The van der Waals surface area contributed by atoms with Crippen LogP contribution >= 0.6 is 15.9 Å². The number of nitrogens with zero attached hydrogens (tertiary/aromatic N) is 1. The molecule has 1 aliphatic rings. The van der Waals surface area contributed by atoms with E-state index in [1.165, 1.54) is 18.2 Å². The molecule has 1 atom stereocenters. The van der Waals surface area contributed by atoms with Gasteiger partial charge in [-0.3, -0.25) is 15.0 Å². The lowest BCUT2D eigenvalue weighted by Crippen LogP contribution is -2.47. The molecule has 1 heterocycles. The van der Waals surface area contributed by atoms with Crippen molar-refractivity contribution in [3.63, 3.8) is 0 Å². The molecule has 0 aliphatic carbocycles. The smallest absolute Gasteiger partial charge is 0.321 e. The standard InChI is InChI=1S/C13H16BrN3O2/c1-8(12(18)16-13(19)15-2)17-6-9-4-3-5-11(14)10(9)7-17/h3-5,8H,6-7H2,1-2H3,(H2,15,16,18,19)/t8-/m0/s1. The lowest BCUT2D eigenvalue weighted by molar-refractivity contribution is -0.124. The van der Waals surface area contributed by atoms with Crippen LogP contribution in [0.2, 0.25) is 0 Å². The van der Waals surface area contributed by atoms with Crippen molar-refractivity contribution in [2.75, 3.05) is 7.05 Å². The number of carbonyl (C=O) groups is 2. The van der Waals surface area contributed by atoms with Crippen LogP contribution in [0.5, 0.6) is 0 Å². The molecule has 1 aromatic rings. The first-order valence-electron chi connectivity index (χ1n) is 6.06. The summed E-state index contributed by atoms with van der Waals surface area (Å²) in [5.41, 5.74) is 2.43. The maximum atomic E-state index is 11.9. The van der Waals surface area contributed by atoms with Gasteiger partial charge < -0.3 is 5.32 Å². The summed E-state index contributed by atoms with van der Waals surface area (Å²) < 4.78 is 1.06. The summed E-state index contributed by atoms with van der Waals surface area (Å²) in [6, 6.07) is 5.22. The third-order valence-electron chi connectivity index (χ3n) is 3.34. The first-order chi connectivity index (χ1) is 9.02. The van der Waals surface area contributed by atoms with E-state index in [1.807, 2.05) is 17.0 Å². The molecule has 1 aromatic carbocycles. The second-order valence-corrected chi connectivity index (χ2v) is 5.38. The van der Waals surface area contributed by atoms with E-state index in [2.05, 4.69) is 32.6 Å². The lowest BCUT2D eigenvalue weighted by Gasteiger charge is -2.22. The van der Waals surface area contributed by atoms with Crippen LogP contribution in [0.15, 0.2) is 22.7 Å². The van der Waals surface area contributed by atoms with Gasteiger partial charge in [0.25, 0.3) is 0 Å². The summed E-state index contributed by atoms with van der Waals surface area (Å²) in [4.78, 5) is 25.1. The topological polar surface area (TPSA) is 61.4 Å². The van der Waals surface area contributed by atoms with E-state index in [-0.39, 0.29) is 11.9 Å². The van der Waals surface area contributed by atoms with Crippen molar-refractivity contribution < 1.29 is 9.59 Å². The fourth-order valence-corrected chi connectivity index (χ4v) is 2.66. The van der Waals surface area contributed by atoms with E-state index in [1.54, 1.807) is 6.92 Å². The van der Waals surface area contributed by atoms with Crippen molar-refractivity contribution in [3.8, 4) is 0 Å². The van der Waals surface area contributed by atoms with Gasteiger partial charge in [-0.05, 0) is 24.1 Å². The summed E-state index contributed by atoms with van der Waals surface area (Å²) >= 11 is 3.52. The van der Waals surface area contributed by atoms with Crippen LogP contribution in [-0.4, -0.2) is 29.9 Å². The minimum atomic E-state index is -0.477. The average Bonchev–Trinajstić information content (AvgIpc) is 2.83. The molecule has 19 heavy (non-hydrogen) atoms. The summed E-state index contributed by atoms with van der Waals surface area (Å²) in [5, 5.41) is 4.68. The predicted octanol–water partition coefficient (Wildman–Crippen LogP) is 1.61. The van der Waals surface area contributed by atoms with E-state index in [9.17, 15) is 9.59 Å². The SMILES string of the molecule is CNC(=O)NC(=O)[C@H](C)N1Cc2cccc(Br)c2C1. The Kier molecular flexibility index (Phi) is 4.21. The van der Waals surface area contributed by atoms with E-state index in [4.69, 9.17) is 0 Å². The number of hydrogen-bond donors (Lipinski definition) is 2. The number of halogens is 1. The van der Waals surface area contributed by atoms with Crippen molar-refractivity contribution in [2.24, 2.45) is 0 Å². The normalized spacial score (nSPS) is 15.7. The van der Waals surface area contributed by atoms with E-state index >= 15 is 0 Å². The molecular weight excluding hydrogens is 310 g/mol. The van der Waals surface area contributed by atoms with E-state index < -0.39 is 6.03 Å². The van der Waals surface area contributed by atoms with Crippen LogP contribution in [0, 0.1) is 0 Å². The monoisotopic (exact) mass is 325 g/mol. The van der Waals surface area contributed by atoms with Crippen LogP contribution in [0.3, 0.4) is 0 Å². The molecule has 0 saturated carbocycles. The Morgan fingerprint density at radius 3 is 2.74 bits per heavy atom. The molecule has 6 heteroatoms. The second kappa shape index (κ2) is 5.71. The number of hydrogen-bond acceptors (Lipinski definition) is 3. The minimum Gasteiger partial charge on any atom is -0.341 e. The first-order valence-corrected chi connectivity index (χ1v) is 6.85. The summed E-state index contributed by atoms with van der Waals surface area (Å²) in [5.74, 6) is -0.289. The zero-order valence-electron chi connectivity index (χ0n) is 10.9. The van der Waals surface area contributed by atoms with Crippen molar-refractivity contribution in [1.82, 2.24) is 15.5 Å². The Morgan fingerprint density at radius 2 is 2.11 bits per heavy atom. The van der Waals surface area contributed by atoms with Crippen LogP contribution < -0.4 is 10.6 Å². The number of fused-ring (bicyclic) bond motifs is 1. The van der Waals surface area contributed by atoms with Gasteiger partial charge >= 0.3 is 6.03 Å². The van der Waals surface area contributed by atoms with Crippen LogP contribution in [0.25, 0.3) is 0 Å². The molecular formula is C13H16BrN3O2. The van der Waals surface area contributed by atoms with Gasteiger partial charge in [0, 0.05) is 24.6 Å². The number of urea groups is 1. The Balaban J connectivity index is 2.04. The summed E-state index contributed by atoms with van der Waals surface area (Å²) in [6.07, 6.45) is 0. The number of amides is 3. The molecule has 0 unspecified atom stereocenters. The number of imide groups is 1. The molecule has 0 aromatic heterocycles. The zero-order chi connectivity index (χ0) is 14.0. The van der Waals surface area contributed by atoms with Gasteiger partial charge in [0.2, 0.25) is 5.91 Å². The highest BCUT2D eigenvalue weighted by atomic mass is 79.9. The van der Waals surface area contributed by atoms with Crippen LogP contribution in [-0.2, 0) is 17.9 Å². The molecule has 0 bridgehead atoms. The van der Waals surface area contributed by atoms with Gasteiger partial charge in [0.05, 0.1) is 6.04 Å². The van der Waals surface area contributed by atoms with Gasteiger partial charge in [-0.15, -0.1) is 0 Å². The third kappa shape index (κ3) is 2.96. The van der Waals surface area contributed by atoms with Gasteiger partial charge in [-0.2, -0.15) is 0 Å². The zero-order valence-corrected chi connectivity index (χ0v) is 12.5. The largest absolute Gasteiger partial charge is 0.341 e. The molecule has 0 spiro atoms. The number of nitrogens with one attached hydrogen (secondary N) is 2. The van der Waals surface area contributed by atoms with Crippen LogP contribution in [0.4, 0.5) is 4.79 Å². The van der Waals surface area contributed by atoms with E-state index in [0.29, 0.717) is 6.54 Å². The number of benzene rings is 1. The predicted molar refractivity (Wildman–Crippen MR) is 75.4 cm³/mol. The third-order valence-corrected chi connectivity index (χ3v) is 4.08. The number of carbonyl (C=O) groups excluding carboxylic acids is 2. The maximum absolute atomic E-state index is 11.9. The quantitative estimate of drug-likeness (QED) is 0.868. The number of rotatable bonds is 2. The second-order valence-electron chi connectivity index (χ2n) is 4.53. The highest BCUT2D eigenvalue weighted by molar-refractivity contribution is 9.10. The lowest BCUT2D eigenvalue weighted by atomic mass is 10.1. The molecule has 0 saturated heterocycles. The van der Waals surface area contributed by atoms with Crippen molar-refractivity contribution in [1.29, 1.82) is 0 Å². The fourth-order valence-electron chi connectivity index (χ4n) is 2.12. The van der Waals surface area contributed by atoms with Crippen LogP contribution in [0.1, 0.15) is 18.1 Å².